The van der Waals surface area contributed by atoms with Crippen LogP contribution in [0.2, 0.25) is 0 Å². The molecular formula is C12H19N3O3. The van der Waals surface area contributed by atoms with Gasteiger partial charge in [-0.25, -0.2) is 9.97 Å². The first-order valence-electron chi connectivity index (χ1n) is 5.76. The molecule has 0 saturated carbocycles. The molecule has 0 aliphatic carbocycles. The lowest BCUT2D eigenvalue weighted by Crippen LogP contribution is -2.33. The topological polar surface area (TPSA) is 73.3 Å². The van der Waals surface area contributed by atoms with Crippen LogP contribution in [0.4, 0.5) is 5.82 Å². The van der Waals surface area contributed by atoms with Gasteiger partial charge in [-0.1, -0.05) is 0 Å². The van der Waals surface area contributed by atoms with Crippen LogP contribution in [0.3, 0.4) is 0 Å². The van der Waals surface area contributed by atoms with Crippen molar-refractivity contribution >= 4 is 11.8 Å². The van der Waals surface area contributed by atoms with E-state index in [2.05, 4.69) is 15.3 Å². The summed E-state index contributed by atoms with van der Waals surface area (Å²) in [6, 6.07) is 1.69. The summed E-state index contributed by atoms with van der Waals surface area (Å²) in [6.07, 6.45) is 1.42. The van der Waals surface area contributed by atoms with Crippen molar-refractivity contribution < 1.29 is 14.3 Å². The average molecular weight is 253 g/mol. The van der Waals surface area contributed by atoms with Gasteiger partial charge in [0.2, 0.25) is 5.88 Å². The van der Waals surface area contributed by atoms with Crippen LogP contribution in [0.5, 0.6) is 5.88 Å². The van der Waals surface area contributed by atoms with Crippen molar-refractivity contribution in [3.63, 3.8) is 0 Å². The molecule has 0 aromatic carbocycles. The number of carbonyl (C=O) groups is 1. The van der Waals surface area contributed by atoms with Crippen LogP contribution in [-0.4, -0.2) is 36.2 Å². The summed E-state index contributed by atoms with van der Waals surface area (Å²) in [5, 5.41) is 3.07. The van der Waals surface area contributed by atoms with Crippen LogP contribution in [0, 0.1) is 5.41 Å². The number of hydrogen-bond acceptors (Lipinski definition) is 6. The van der Waals surface area contributed by atoms with E-state index in [0.717, 1.165) is 0 Å². The third-order valence-corrected chi connectivity index (χ3v) is 2.38. The Morgan fingerprint density at radius 1 is 1.44 bits per heavy atom. The minimum atomic E-state index is -0.620. The first-order valence-corrected chi connectivity index (χ1v) is 5.76. The Morgan fingerprint density at radius 3 is 2.78 bits per heavy atom. The maximum atomic E-state index is 11.5. The molecule has 1 rings (SSSR count). The summed E-state index contributed by atoms with van der Waals surface area (Å²) in [5.41, 5.74) is -0.620. The molecule has 0 bridgehead atoms. The van der Waals surface area contributed by atoms with Gasteiger partial charge in [-0.05, 0) is 20.8 Å². The van der Waals surface area contributed by atoms with Crippen molar-refractivity contribution in [2.24, 2.45) is 5.41 Å². The van der Waals surface area contributed by atoms with Gasteiger partial charge < -0.3 is 14.8 Å². The second kappa shape index (κ2) is 6.18. The summed E-state index contributed by atoms with van der Waals surface area (Å²) < 4.78 is 9.99. The molecule has 6 heteroatoms. The monoisotopic (exact) mass is 253 g/mol. The van der Waals surface area contributed by atoms with Gasteiger partial charge in [0.1, 0.15) is 12.1 Å². The summed E-state index contributed by atoms with van der Waals surface area (Å²) in [7, 11) is 1.38. The number of nitrogens with one attached hydrogen (secondary N) is 1. The second-order valence-electron chi connectivity index (χ2n) is 4.40. The van der Waals surface area contributed by atoms with E-state index >= 15 is 0 Å². The van der Waals surface area contributed by atoms with Gasteiger partial charge in [0.25, 0.3) is 0 Å². The first kappa shape index (κ1) is 14.2. The van der Waals surface area contributed by atoms with E-state index < -0.39 is 5.41 Å². The van der Waals surface area contributed by atoms with Crippen LogP contribution in [-0.2, 0) is 9.53 Å². The Hall–Kier alpha value is -1.85. The Labute approximate surface area is 107 Å². The third kappa shape index (κ3) is 3.87. The molecule has 0 aliphatic heterocycles. The lowest BCUT2D eigenvalue weighted by molar-refractivity contribution is -0.149. The van der Waals surface area contributed by atoms with E-state index in [4.69, 9.17) is 9.47 Å². The number of anilines is 1. The third-order valence-electron chi connectivity index (χ3n) is 2.38. The number of ether oxygens (including phenoxy) is 2. The maximum absolute atomic E-state index is 11.5. The number of aromatic nitrogens is 2. The molecule has 1 heterocycles. The number of hydrogen-bond donors (Lipinski definition) is 1. The van der Waals surface area contributed by atoms with Crippen molar-refractivity contribution in [2.75, 3.05) is 25.6 Å². The normalized spacial score (nSPS) is 10.9. The van der Waals surface area contributed by atoms with Crippen molar-refractivity contribution in [3.8, 4) is 5.88 Å². The lowest BCUT2D eigenvalue weighted by Gasteiger charge is -2.21. The van der Waals surface area contributed by atoms with Crippen LogP contribution in [0.25, 0.3) is 0 Å². The molecular weight excluding hydrogens is 234 g/mol. The zero-order valence-electron chi connectivity index (χ0n) is 11.2. The summed E-state index contributed by atoms with van der Waals surface area (Å²) in [4.78, 5) is 19.5. The number of rotatable bonds is 6. The second-order valence-corrected chi connectivity index (χ2v) is 4.40. The molecule has 18 heavy (non-hydrogen) atoms. The number of esters is 1. The molecule has 6 nitrogen and oxygen atoms in total. The van der Waals surface area contributed by atoms with E-state index in [1.165, 1.54) is 13.4 Å². The highest BCUT2D eigenvalue weighted by atomic mass is 16.5. The van der Waals surface area contributed by atoms with E-state index in [-0.39, 0.29) is 5.97 Å². The zero-order valence-corrected chi connectivity index (χ0v) is 11.2. The molecule has 1 aromatic heterocycles. The van der Waals surface area contributed by atoms with Gasteiger partial charge >= 0.3 is 5.97 Å². The molecule has 0 fully saturated rings. The maximum Gasteiger partial charge on any atom is 0.313 e. The number of carbonyl (C=O) groups excluding carboxylic acids is 1. The van der Waals surface area contributed by atoms with Gasteiger partial charge in [-0.15, -0.1) is 0 Å². The minimum Gasteiger partial charge on any atom is -0.478 e. The Morgan fingerprint density at radius 2 is 2.17 bits per heavy atom. The fourth-order valence-corrected chi connectivity index (χ4v) is 1.32. The number of methoxy groups -OCH3 is 1. The van der Waals surface area contributed by atoms with E-state index in [1.54, 1.807) is 19.9 Å². The van der Waals surface area contributed by atoms with E-state index in [9.17, 15) is 4.79 Å². The highest BCUT2D eigenvalue weighted by Gasteiger charge is 2.28. The first-order chi connectivity index (χ1) is 8.49. The molecule has 0 amide bonds. The number of nitrogens with zero attached hydrogens (tertiary/aromatic N) is 2. The highest BCUT2D eigenvalue weighted by Crippen LogP contribution is 2.18. The van der Waals surface area contributed by atoms with Crippen molar-refractivity contribution in [2.45, 2.75) is 20.8 Å². The van der Waals surface area contributed by atoms with Crippen molar-refractivity contribution in [1.29, 1.82) is 0 Å². The minimum absolute atomic E-state index is 0.269. The van der Waals surface area contributed by atoms with E-state index in [0.29, 0.717) is 24.8 Å². The van der Waals surface area contributed by atoms with Gasteiger partial charge in [0.05, 0.1) is 19.1 Å². The van der Waals surface area contributed by atoms with Gasteiger partial charge in [0, 0.05) is 12.6 Å². The molecule has 0 spiro atoms. The standard InChI is InChI=1S/C12H19N3O3/c1-5-18-10-6-9(14-8-15-10)13-7-12(2,3)11(16)17-4/h6,8H,5,7H2,1-4H3,(H,13,14,15). The zero-order chi connectivity index (χ0) is 13.6. The summed E-state index contributed by atoms with van der Waals surface area (Å²) in [5.74, 6) is 0.852. The molecule has 0 aliphatic rings. The fourth-order valence-electron chi connectivity index (χ4n) is 1.32. The van der Waals surface area contributed by atoms with Crippen LogP contribution in [0.1, 0.15) is 20.8 Å². The van der Waals surface area contributed by atoms with E-state index in [1.807, 2.05) is 6.92 Å². The van der Waals surface area contributed by atoms with Crippen LogP contribution < -0.4 is 10.1 Å². The molecule has 1 N–H and O–H groups in total. The van der Waals surface area contributed by atoms with Gasteiger partial charge in [-0.2, -0.15) is 0 Å². The molecule has 0 unspecified atom stereocenters. The largest absolute Gasteiger partial charge is 0.478 e. The van der Waals surface area contributed by atoms with Crippen LogP contribution >= 0.6 is 0 Å². The van der Waals surface area contributed by atoms with Crippen LogP contribution in [0.15, 0.2) is 12.4 Å². The van der Waals surface area contributed by atoms with Gasteiger partial charge in [-0.3, -0.25) is 4.79 Å². The predicted molar refractivity (Wildman–Crippen MR) is 67.5 cm³/mol. The Kier molecular flexibility index (Phi) is 4.88. The molecule has 0 atom stereocenters. The molecule has 0 radical (unpaired) electrons. The smallest absolute Gasteiger partial charge is 0.313 e. The van der Waals surface area contributed by atoms with Crippen molar-refractivity contribution in [1.82, 2.24) is 9.97 Å². The lowest BCUT2D eigenvalue weighted by atomic mass is 9.94. The molecule has 0 saturated heterocycles. The van der Waals surface area contributed by atoms with Crippen molar-refractivity contribution in [3.05, 3.63) is 12.4 Å². The molecule has 1 aromatic rings. The average Bonchev–Trinajstić information content (AvgIpc) is 2.36. The predicted octanol–water partition coefficient (Wildman–Crippen LogP) is 1.49. The quantitative estimate of drug-likeness (QED) is 0.774. The SMILES string of the molecule is CCOc1cc(NCC(C)(C)C(=O)OC)ncn1. The Bertz CT molecular complexity index is 407. The fraction of sp³-hybridized carbons (Fsp3) is 0.583. The Balaban J connectivity index is 2.63. The molecule has 100 valence electrons. The summed E-state index contributed by atoms with van der Waals surface area (Å²) >= 11 is 0. The van der Waals surface area contributed by atoms with Gasteiger partial charge in [0.15, 0.2) is 0 Å². The summed E-state index contributed by atoms with van der Waals surface area (Å²) in [6.45, 7) is 6.45. The highest BCUT2D eigenvalue weighted by molar-refractivity contribution is 5.76.